The first kappa shape index (κ1) is 22.0. The summed E-state index contributed by atoms with van der Waals surface area (Å²) in [5.74, 6) is 0. The molecule has 4 aromatic rings. The fourth-order valence-electron chi connectivity index (χ4n) is 3.61. The standard InChI is InChI=1S/C29H25NO3/c1-20-26-17-15-25(30(2)3)18-28(26)33-29(32)27(20)16-14-23-8-6-21(7-9-23)4-5-22-10-12-24(19-31)13-11-22/h4-19H,1-3H3/b5-4+,16-14+. The van der Waals surface area contributed by atoms with Gasteiger partial charge in [0.05, 0.1) is 5.56 Å². The number of carbonyl (C=O) groups is 1. The van der Waals surface area contributed by atoms with Gasteiger partial charge in [0.1, 0.15) is 11.9 Å². The van der Waals surface area contributed by atoms with Crippen molar-refractivity contribution in [1.82, 2.24) is 0 Å². The summed E-state index contributed by atoms with van der Waals surface area (Å²) >= 11 is 0. The Kier molecular flexibility index (Phi) is 6.36. The number of hydrogen-bond donors (Lipinski definition) is 0. The second-order valence-electron chi connectivity index (χ2n) is 8.12. The zero-order valence-corrected chi connectivity index (χ0v) is 18.9. The maximum absolute atomic E-state index is 12.6. The lowest BCUT2D eigenvalue weighted by Crippen LogP contribution is -2.09. The first-order valence-corrected chi connectivity index (χ1v) is 10.7. The molecule has 1 aromatic heterocycles. The number of aldehydes is 1. The van der Waals surface area contributed by atoms with Crippen LogP contribution in [0.3, 0.4) is 0 Å². The van der Waals surface area contributed by atoms with E-state index >= 15 is 0 Å². The highest BCUT2D eigenvalue weighted by Crippen LogP contribution is 2.25. The molecule has 0 aliphatic carbocycles. The van der Waals surface area contributed by atoms with Crippen LogP contribution in [0.5, 0.6) is 0 Å². The predicted octanol–water partition coefficient (Wildman–Crippen LogP) is 6.32. The van der Waals surface area contributed by atoms with Gasteiger partial charge in [-0.1, -0.05) is 66.8 Å². The molecule has 0 N–H and O–H groups in total. The smallest absolute Gasteiger partial charge is 0.343 e. The van der Waals surface area contributed by atoms with Crippen LogP contribution < -0.4 is 10.5 Å². The number of hydrogen-bond acceptors (Lipinski definition) is 4. The molecule has 4 rings (SSSR count). The van der Waals surface area contributed by atoms with Gasteiger partial charge in [0.15, 0.2) is 0 Å². The number of aryl methyl sites for hydroxylation is 1. The van der Waals surface area contributed by atoms with Gasteiger partial charge in [-0.15, -0.1) is 0 Å². The van der Waals surface area contributed by atoms with Crippen LogP contribution in [0, 0.1) is 6.92 Å². The molecule has 0 aliphatic rings. The van der Waals surface area contributed by atoms with E-state index in [9.17, 15) is 9.59 Å². The SMILES string of the molecule is Cc1c(/C=C/c2ccc(/C=C/c3ccc(C=O)cc3)cc2)c(=O)oc2cc(N(C)C)ccc12. The lowest BCUT2D eigenvalue weighted by molar-refractivity contribution is 0.112. The minimum atomic E-state index is -0.340. The van der Waals surface area contributed by atoms with Gasteiger partial charge in [0.25, 0.3) is 0 Å². The minimum absolute atomic E-state index is 0.340. The van der Waals surface area contributed by atoms with Crippen molar-refractivity contribution >= 4 is 47.2 Å². The number of carbonyl (C=O) groups excluding carboxylic acids is 1. The van der Waals surface area contributed by atoms with Crippen molar-refractivity contribution in [3.8, 4) is 0 Å². The Hall–Kier alpha value is -4.18. The monoisotopic (exact) mass is 435 g/mol. The van der Waals surface area contributed by atoms with Crippen molar-refractivity contribution in [1.29, 1.82) is 0 Å². The summed E-state index contributed by atoms with van der Waals surface area (Å²) in [4.78, 5) is 25.3. The average Bonchev–Trinajstić information content (AvgIpc) is 2.83. The summed E-state index contributed by atoms with van der Waals surface area (Å²) in [6.07, 6.45) is 8.60. The molecule has 0 spiro atoms. The van der Waals surface area contributed by atoms with Crippen molar-refractivity contribution in [3.05, 3.63) is 111 Å². The third kappa shape index (κ3) is 5.01. The second-order valence-corrected chi connectivity index (χ2v) is 8.12. The molecule has 0 radical (unpaired) electrons. The zero-order chi connectivity index (χ0) is 23.4. The van der Waals surface area contributed by atoms with E-state index in [0.717, 1.165) is 39.6 Å². The van der Waals surface area contributed by atoms with E-state index in [1.54, 1.807) is 12.1 Å². The van der Waals surface area contributed by atoms with Gasteiger partial charge in [-0.3, -0.25) is 4.79 Å². The molecule has 0 bridgehead atoms. The Morgan fingerprint density at radius 1 is 0.727 bits per heavy atom. The van der Waals surface area contributed by atoms with Crippen LogP contribution in [0.4, 0.5) is 5.69 Å². The average molecular weight is 436 g/mol. The van der Waals surface area contributed by atoms with E-state index in [1.807, 2.05) is 105 Å². The van der Waals surface area contributed by atoms with Crippen LogP contribution in [-0.4, -0.2) is 20.4 Å². The third-order valence-corrected chi connectivity index (χ3v) is 5.63. The summed E-state index contributed by atoms with van der Waals surface area (Å²) in [5, 5.41) is 0.932. The number of fused-ring (bicyclic) bond motifs is 1. The van der Waals surface area contributed by atoms with E-state index in [0.29, 0.717) is 16.7 Å². The summed E-state index contributed by atoms with van der Waals surface area (Å²) in [6, 6.07) is 21.4. The van der Waals surface area contributed by atoms with E-state index in [1.165, 1.54) is 0 Å². The molecule has 0 saturated carbocycles. The van der Waals surface area contributed by atoms with Gasteiger partial charge in [0.2, 0.25) is 0 Å². The lowest BCUT2D eigenvalue weighted by Gasteiger charge is -2.13. The van der Waals surface area contributed by atoms with E-state index in [2.05, 4.69) is 0 Å². The summed E-state index contributed by atoms with van der Waals surface area (Å²) in [6.45, 7) is 1.95. The highest BCUT2D eigenvalue weighted by molar-refractivity contribution is 5.87. The molecular weight excluding hydrogens is 410 g/mol. The molecular formula is C29H25NO3. The third-order valence-electron chi connectivity index (χ3n) is 5.63. The first-order chi connectivity index (χ1) is 15.9. The summed E-state index contributed by atoms with van der Waals surface area (Å²) < 4.78 is 5.60. The fraction of sp³-hybridized carbons (Fsp3) is 0.103. The van der Waals surface area contributed by atoms with Gasteiger partial charge in [-0.05, 0) is 47.4 Å². The Balaban J connectivity index is 1.54. The molecule has 3 aromatic carbocycles. The topological polar surface area (TPSA) is 50.5 Å². The fourth-order valence-corrected chi connectivity index (χ4v) is 3.61. The maximum Gasteiger partial charge on any atom is 0.343 e. The second kappa shape index (κ2) is 9.53. The molecule has 0 unspecified atom stereocenters. The summed E-state index contributed by atoms with van der Waals surface area (Å²) in [7, 11) is 3.91. The molecule has 0 atom stereocenters. The van der Waals surface area contributed by atoms with Gasteiger partial charge in [0, 0.05) is 36.8 Å². The molecule has 4 nitrogen and oxygen atoms in total. The maximum atomic E-state index is 12.6. The molecule has 1 heterocycles. The predicted molar refractivity (Wildman–Crippen MR) is 138 cm³/mol. The van der Waals surface area contributed by atoms with Crippen molar-refractivity contribution < 1.29 is 9.21 Å². The van der Waals surface area contributed by atoms with Crippen molar-refractivity contribution in [3.63, 3.8) is 0 Å². The van der Waals surface area contributed by atoms with Crippen LogP contribution in [0.1, 0.15) is 38.2 Å². The highest BCUT2D eigenvalue weighted by atomic mass is 16.4. The van der Waals surface area contributed by atoms with Crippen LogP contribution in [0.2, 0.25) is 0 Å². The molecule has 164 valence electrons. The number of rotatable bonds is 6. The molecule has 33 heavy (non-hydrogen) atoms. The Morgan fingerprint density at radius 2 is 1.24 bits per heavy atom. The van der Waals surface area contributed by atoms with E-state index in [4.69, 9.17) is 4.42 Å². The molecule has 0 aliphatic heterocycles. The molecule has 4 heteroatoms. The van der Waals surface area contributed by atoms with Gasteiger partial charge in [-0.25, -0.2) is 4.79 Å². The molecule has 0 saturated heterocycles. The zero-order valence-electron chi connectivity index (χ0n) is 18.9. The molecule has 0 amide bonds. The van der Waals surface area contributed by atoms with E-state index < -0.39 is 0 Å². The quantitative estimate of drug-likeness (QED) is 0.202. The van der Waals surface area contributed by atoms with E-state index in [-0.39, 0.29) is 5.63 Å². The van der Waals surface area contributed by atoms with Crippen LogP contribution >= 0.6 is 0 Å². The first-order valence-electron chi connectivity index (χ1n) is 10.7. The Bertz CT molecular complexity index is 1410. The normalized spacial score (nSPS) is 11.5. The van der Waals surface area contributed by atoms with Crippen LogP contribution in [-0.2, 0) is 0 Å². The van der Waals surface area contributed by atoms with Gasteiger partial charge >= 0.3 is 5.63 Å². The van der Waals surface area contributed by atoms with Gasteiger partial charge < -0.3 is 9.32 Å². The Labute approximate surface area is 193 Å². The minimum Gasteiger partial charge on any atom is -0.422 e. The largest absolute Gasteiger partial charge is 0.422 e. The van der Waals surface area contributed by atoms with Crippen LogP contribution in [0.15, 0.2) is 75.9 Å². The lowest BCUT2D eigenvalue weighted by atomic mass is 10.0. The van der Waals surface area contributed by atoms with Crippen molar-refractivity contribution in [2.24, 2.45) is 0 Å². The Morgan fingerprint density at radius 3 is 1.76 bits per heavy atom. The number of nitrogens with zero attached hydrogens (tertiary/aromatic N) is 1. The highest BCUT2D eigenvalue weighted by Gasteiger charge is 2.10. The van der Waals surface area contributed by atoms with Gasteiger partial charge in [-0.2, -0.15) is 0 Å². The number of anilines is 1. The van der Waals surface area contributed by atoms with Crippen LogP contribution in [0.25, 0.3) is 35.3 Å². The molecule has 0 fully saturated rings. The van der Waals surface area contributed by atoms with Crippen molar-refractivity contribution in [2.45, 2.75) is 6.92 Å². The summed E-state index contributed by atoms with van der Waals surface area (Å²) in [5.41, 5.74) is 6.45. The van der Waals surface area contributed by atoms with Crippen molar-refractivity contribution in [2.75, 3.05) is 19.0 Å². The number of benzene rings is 3.